The Balaban J connectivity index is 2.15. The Kier molecular flexibility index (Phi) is 4.68. The molecule has 0 saturated carbocycles. The fourth-order valence-corrected chi connectivity index (χ4v) is 3.07. The van der Waals surface area contributed by atoms with Crippen molar-refractivity contribution in [3.63, 3.8) is 0 Å². The van der Waals surface area contributed by atoms with E-state index in [2.05, 4.69) is 31.1 Å². The number of ether oxygens (including phenoxy) is 2. The topological polar surface area (TPSA) is 69.7 Å². The molecule has 1 aromatic heterocycles. The molecular weight excluding hydrogens is 324 g/mol. The van der Waals surface area contributed by atoms with Crippen molar-refractivity contribution in [3.05, 3.63) is 15.0 Å². The van der Waals surface area contributed by atoms with Gasteiger partial charge in [-0.15, -0.1) is 11.3 Å². The molecule has 6 nitrogen and oxygen atoms in total. The van der Waals surface area contributed by atoms with Gasteiger partial charge in [-0.1, -0.05) is 0 Å². The molecule has 8 heteroatoms. The van der Waals surface area contributed by atoms with Crippen LogP contribution in [0, 0.1) is 0 Å². The van der Waals surface area contributed by atoms with E-state index >= 15 is 0 Å². The van der Waals surface area contributed by atoms with E-state index < -0.39 is 11.6 Å². The van der Waals surface area contributed by atoms with Crippen molar-refractivity contribution < 1.29 is 19.1 Å². The van der Waals surface area contributed by atoms with E-state index in [1.165, 1.54) is 18.4 Å². The van der Waals surface area contributed by atoms with Gasteiger partial charge in [0.15, 0.2) is 0 Å². The number of nitrogens with zero attached hydrogens (tertiary/aromatic N) is 1. The molecule has 0 spiro atoms. The quantitative estimate of drug-likeness (QED) is 0.833. The number of hydrogen-bond donors (Lipinski definition) is 1. The first-order valence-corrected chi connectivity index (χ1v) is 7.00. The molecule has 18 heavy (non-hydrogen) atoms. The molecule has 0 aromatic carbocycles. The van der Waals surface area contributed by atoms with E-state index in [0.717, 1.165) is 9.61 Å². The molecule has 1 aliphatic heterocycles. The molecule has 1 fully saturated rings. The highest BCUT2D eigenvalue weighted by Gasteiger charge is 2.39. The Morgan fingerprint density at radius 3 is 3.17 bits per heavy atom. The van der Waals surface area contributed by atoms with Crippen LogP contribution in [0.25, 0.3) is 0 Å². The lowest BCUT2D eigenvalue weighted by atomic mass is 10.00. The van der Waals surface area contributed by atoms with Crippen LogP contribution >= 0.6 is 27.3 Å². The molecule has 0 aliphatic carbocycles. The summed E-state index contributed by atoms with van der Waals surface area (Å²) in [6.45, 7) is 0.845. The second-order valence-corrected chi connectivity index (χ2v) is 5.42. The van der Waals surface area contributed by atoms with Crippen LogP contribution in [0.3, 0.4) is 0 Å². The smallest absolute Gasteiger partial charge is 0.331 e. The standard InChI is InChI=1S/C10H13BrN2O4S/c1-15-8(14)4-16-10(2-3-17-12-6-10)9-13-7(11)5-18-9/h5,12H,2-4,6H2,1H3. The minimum Gasteiger partial charge on any atom is -0.467 e. The zero-order chi connectivity index (χ0) is 13.0. The predicted molar refractivity (Wildman–Crippen MR) is 68.0 cm³/mol. The average Bonchev–Trinajstić information content (AvgIpc) is 2.84. The van der Waals surface area contributed by atoms with E-state index in [4.69, 9.17) is 9.57 Å². The summed E-state index contributed by atoms with van der Waals surface area (Å²) in [7, 11) is 1.33. The molecule has 1 aliphatic rings. The van der Waals surface area contributed by atoms with Crippen molar-refractivity contribution in [2.75, 3.05) is 26.9 Å². The number of rotatable bonds is 4. The van der Waals surface area contributed by atoms with E-state index in [1.54, 1.807) is 0 Å². The van der Waals surface area contributed by atoms with Crippen LogP contribution in [0.5, 0.6) is 0 Å². The second-order valence-electron chi connectivity index (χ2n) is 3.75. The van der Waals surface area contributed by atoms with Gasteiger partial charge in [-0.25, -0.2) is 9.78 Å². The SMILES string of the molecule is COC(=O)COC1(c2nc(Br)cs2)CCONC1. The first-order valence-electron chi connectivity index (χ1n) is 5.33. The predicted octanol–water partition coefficient (Wildman–Crippen LogP) is 1.22. The van der Waals surface area contributed by atoms with Gasteiger partial charge >= 0.3 is 5.97 Å². The van der Waals surface area contributed by atoms with Crippen molar-refractivity contribution in [1.29, 1.82) is 0 Å². The number of carbonyl (C=O) groups is 1. The molecule has 1 N–H and O–H groups in total. The molecule has 1 atom stereocenters. The Bertz CT molecular complexity index is 420. The summed E-state index contributed by atoms with van der Waals surface area (Å²) >= 11 is 4.80. The van der Waals surface area contributed by atoms with E-state index in [-0.39, 0.29) is 6.61 Å². The van der Waals surface area contributed by atoms with Gasteiger partial charge in [0.1, 0.15) is 21.8 Å². The molecule has 1 unspecified atom stereocenters. The highest BCUT2D eigenvalue weighted by atomic mass is 79.9. The van der Waals surface area contributed by atoms with Gasteiger partial charge in [0, 0.05) is 11.8 Å². The zero-order valence-corrected chi connectivity index (χ0v) is 12.2. The number of nitrogens with one attached hydrogen (secondary N) is 1. The van der Waals surface area contributed by atoms with Gasteiger partial charge in [-0.3, -0.25) is 0 Å². The summed E-state index contributed by atoms with van der Waals surface area (Å²) in [6, 6.07) is 0. The summed E-state index contributed by atoms with van der Waals surface area (Å²) < 4.78 is 11.1. The highest BCUT2D eigenvalue weighted by molar-refractivity contribution is 9.10. The zero-order valence-electron chi connectivity index (χ0n) is 9.77. The Morgan fingerprint density at radius 2 is 2.61 bits per heavy atom. The van der Waals surface area contributed by atoms with Crippen molar-refractivity contribution >= 4 is 33.2 Å². The lowest BCUT2D eigenvalue weighted by molar-refractivity contribution is -0.167. The molecular formula is C10H13BrN2O4S. The van der Waals surface area contributed by atoms with Gasteiger partial charge < -0.3 is 14.3 Å². The summed E-state index contributed by atoms with van der Waals surface area (Å²) in [5.74, 6) is -0.406. The molecule has 2 heterocycles. The number of hydroxylamine groups is 1. The number of aromatic nitrogens is 1. The van der Waals surface area contributed by atoms with Crippen LogP contribution in [-0.2, 0) is 24.7 Å². The molecule has 0 amide bonds. The van der Waals surface area contributed by atoms with Crippen LogP contribution in [0.2, 0.25) is 0 Å². The van der Waals surface area contributed by atoms with Gasteiger partial charge in [0.25, 0.3) is 0 Å². The van der Waals surface area contributed by atoms with Crippen molar-refractivity contribution in [2.45, 2.75) is 12.0 Å². The van der Waals surface area contributed by atoms with E-state index in [1.807, 2.05) is 5.38 Å². The molecule has 2 rings (SSSR count). The second kappa shape index (κ2) is 6.07. The maximum absolute atomic E-state index is 11.2. The molecule has 1 saturated heterocycles. The van der Waals surface area contributed by atoms with Gasteiger partial charge in [-0.05, 0) is 15.9 Å². The molecule has 0 bridgehead atoms. The number of halogens is 1. The van der Waals surface area contributed by atoms with Crippen molar-refractivity contribution in [1.82, 2.24) is 10.5 Å². The third-order valence-corrected chi connectivity index (χ3v) is 4.36. The Hall–Kier alpha value is -0.540. The summed E-state index contributed by atoms with van der Waals surface area (Å²) in [5.41, 5.74) is 2.16. The van der Waals surface area contributed by atoms with Crippen LogP contribution in [-0.4, -0.2) is 37.8 Å². The average molecular weight is 337 g/mol. The number of thiazole rings is 1. The molecule has 0 radical (unpaired) electrons. The summed E-state index contributed by atoms with van der Waals surface area (Å²) in [6.07, 6.45) is 0.636. The minimum atomic E-state index is -0.636. The first-order chi connectivity index (χ1) is 8.66. The maximum atomic E-state index is 11.2. The largest absolute Gasteiger partial charge is 0.467 e. The highest BCUT2D eigenvalue weighted by Crippen LogP contribution is 2.34. The third-order valence-electron chi connectivity index (χ3n) is 2.63. The van der Waals surface area contributed by atoms with Gasteiger partial charge in [0.05, 0.1) is 20.3 Å². The van der Waals surface area contributed by atoms with E-state index in [0.29, 0.717) is 19.6 Å². The van der Waals surface area contributed by atoms with Crippen LogP contribution < -0.4 is 5.48 Å². The van der Waals surface area contributed by atoms with Crippen LogP contribution in [0.15, 0.2) is 9.98 Å². The monoisotopic (exact) mass is 336 g/mol. The molecule has 100 valence electrons. The lowest BCUT2D eigenvalue weighted by Gasteiger charge is -2.34. The fourth-order valence-electron chi connectivity index (χ4n) is 1.63. The van der Waals surface area contributed by atoms with Crippen LogP contribution in [0.4, 0.5) is 0 Å². The number of carbonyl (C=O) groups excluding carboxylic acids is 1. The lowest BCUT2D eigenvalue weighted by Crippen LogP contribution is -2.47. The number of methoxy groups -OCH3 is 1. The minimum absolute atomic E-state index is 0.102. The third kappa shape index (κ3) is 3.07. The Labute approximate surface area is 117 Å². The normalized spacial score (nSPS) is 23.9. The van der Waals surface area contributed by atoms with Crippen molar-refractivity contribution in [2.24, 2.45) is 0 Å². The Morgan fingerprint density at radius 1 is 1.78 bits per heavy atom. The summed E-state index contributed by atoms with van der Waals surface area (Å²) in [5, 5.41) is 2.70. The van der Waals surface area contributed by atoms with Gasteiger partial charge in [-0.2, -0.15) is 5.48 Å². The maximum Gasteiger partial charge on any atom is 0.331 e. The van der Waals surface area contributed by atoms with Gasteiger partial charge in [0.2, 0.25) is 0 Å². The first kappa shape index (κ1) is 13.9. The molecule has 1 aromatic rings. The van der Waals surface area contributed by atoms with Crippen LogP contribution in [0.1, 0.15) is 11.4 Å². The number of hydrogen-bond acceptors (Lipinski definition) is 7. The van der Waals surface area contributed by atoms with Crippen molar-refractivity contribution in [3.8, 4) is 0 Å². The number of esters is 1. The fraction of sp³-hybridized carbons (Fsp3) is 0.600. The summed E-state index contributed by atoms with van der Waals surface area (Å²) in [4.78, 5) is 20.7. The van der Waals surface area contributed by atoms with E-state index in [9.17, 15) is 4.79 Å².